The molecule has 0 bridgehead atoms. The van der Waals surface area contributed by atoms with E-state index < -0.39 is 4.92 Å². The van der Waals surface area contributed by atoms with Crippen LogP contribution in [0.4, 0.5) is 22.7 Å². The van der Waals surface area contributed by atoms with E-state index in [-0.39, 0.29) is 11.6 Å². The van der Waals surface area contributed by atoms with Gasteiger partial charge in [0.25, 0.3) is 11.6 Å². The molecule has 1 aliphatic rings. The second kappa shape index (κ2) is 9.58. The maximum atomic E-state index is 12.4. The average molecular weight is 458 g/mol. The molecular formula is C24H19N5O3S. The summed E-state index contributed by atoms with van der Waals surface area (Å²) in [7, 11) is 0. The van der Waals surface area contributed by atoms with Crippen molar-refractivity contribution in [2.75, 3.05) is 0 Å². The number of nitrogens with zero attached hydrogens (tertiary/aromatic N) is 4. The summed E-state index contributed by atoms with van der Waals surface area (Å²) in [5.74, 6) is -0.349. The molecule has 1 saturated heterocycles. The van der Waals surface area contributed by atoms with E-state index >= 15 is 0 Å². The molecule has 4 rings (SSSR count). The number of para-hydroxylation sites is 1. The Morgan fingerprint density at radius 1 is 0.939 bits per heavy atom. The Balaban J connectivity index is 1.54. The average Bonchev–Trinajstić information content (AvgIpc) is 3.13. The molecule has 0 saturated carbocycles. The zero-order chi connectivity index (χ0) is 23.4. The highest BCUT2D eigenvalue weighted by atomic mass is 32.2. The standard InChI is InChI=1S/C24H19N5O3S/c1-15-7-3-5-9-20(15)28-27-18-11-12-19(16(2)13-18)25-24-26-23(30)22(33-24)14-17-8-4-6-10-21(17)29(31)32/h3-14H,1-2H3,(H,25,26,30)/b22-14-,28-27?. The summed E-state index contributed by atoms with van der Waals surface area (Å²) in [6, 6.07) is 19.5. The van der Waals surface area contributed by atoms with E-state index in [0.717, 1.165) is 28.6 Å². The molecule has 1 fully saturated rings. The Bertz CT molecular complexity index is 1350. The molecule has 3 aromatic carbocycles. The molecule has 0 atom stereocenters. The van der Waals surface area contributed by atoms with Crippen LogP contribution in [-0.4, -0.2) is 16.0 Å². The molecular weight excluding hydrogens is 438 g/mol. The molecule has 8 nitrogen and oxygen atoms in total. The molecule has 33 heavy (non-hydrogen) atoms. The summed E-state index contributed by atoms with van der Waals surface area (Å²) in [5.41, 5.74) is 4.40. The number of benzene rings is 3. The minimum atomic E-state index is -0.472. The van der Waals surface area contributed by atoms with Crippen LogP contribution in [0.2, 0.25) is 0 Å². The van der Waals surface area contributed by atoms with Crippen LogP contribution in [0, 0.1) is 24.0 Å². The van der Waals surface area contributed by atoms with Crippen LogP contribution in [0.5, 0.6) is 0 Å². The summed E-state index contributed by atoms with van der Waals surface area (Å²) in [4.78, 5) is 28.0. The van der Waals surface area contributed by atoms with Crippen LogP contribution in [0.15, 0.2) is 86.9 Å². The molecule has 1 heterocycles. The van der Waals surface area contributed by atoms with Crippen molar-refractivity contribution < 1.29 is 9.72 Å². The molecule has 1 N–H and O–H groups in total. The lowest BCUT2D eigenvalue weighted by molar-refractivity contribution is -0.385. The lowest BCUT2D eigenvalue weighted by atomic mass is 10.1. The minimum Gasteiger partial charge on any atom is -0.300 e. The summed E-state index contributed by atoms with van der Waals surface area (Å²) >= 11 is 1.14. The normalized spacial score (nSPS) is 16.0. The van der Waals surface area contributed by atoms with Crippen molar-refractivity contribution in [2.24, 2.45) is 15.2 Å². The van der Waals surface area contributed by atoms with Crippen molar-refractivity contribution >= 4 is 51.7 Å². The number of rotatable bonds is 5. The van der Waals surface area contributed by atoms with E-state index in [2.05, 4.69) is 20.5 Å². The van der Waals surface area contributed by atoms with Gasteiger partial charge < -0.3 is 5.32 Å². The van der Waals surface area contributed by atoms with Crippen molar-refractivity contribution in [3.63, 3.8) is 0 Å². The van der Waals surface area contributed by atoms with Gasteiger partial charge in [0.2, 0.25) is 0 Å². The van der Waals surface area contributed by atoms with Crippen LogP contribution in [-0.2, 0) is 4.79 Å². The first-order valence-corrected chi connectivity index (χ1v) is 10.8. The van der Waals surface area contributed by atoms with Gasteiger partial charge in [0.1, 0.15) is 0 Å². The Morgan fingerprint density at radius 3 is 2.45 bits per heavy atom. The summed E-state index contributed by atoms with van der Waals surface area (Å²) < 4.78 is 0. The lowest BCUT2D eigenvalue weighted by Crippen LogP contribution is -2.19. The van der Waals surface area contributed by atoms with Gasteiger partial charge in [-0.25, -0.2) is 4.99 Å². The van der Waals surface area contributed by atoms with Gasteiger partial charge in [-0.15, -0.1) is 0 Å². The molecule has 0 unspecified atom stereocenters. The first-order valence-electron chi connectivity index (χ1n) is 10.0. The number of amides is 1. The van der Waals surface area contributed by atoms with Crippen molar-refractivity contribution in [1.82, 2.24) is 5.32 Å². The van der Waals surface area contributed by atoms with Crippen molar-refractivity contribution in [1.29, 1.82) is 0 Å². The van der Waals surface area contributed by atoms with Gasteiger partial charge in [-0.3, -0.25) is 14.9 Å². The van der Waals surface area contributed by atoms with Crippen LogP contribution in [0.3, 0.4) is 0 Å². The number of amidine groups is 1. The number of nitro benzene ring substituents is 1. The maximum absolute atomic E-state index is 12.4. The maximum Gasteiger partial charge on any atom is 0.276 e. The molecule has 0 spiro atoms. The fourth-order valence-corrected chi connectivity index (χ4v) is 3.95. The third kappa shape index (κ3) is 5.21. The number of nitro groups is 1. The van der Waals surface area contributed by atoms with Crippen LogP contribution in [0.25, 0.3) is 6.08 Å². The summed E-state index contributed by atoms with van der Waals surface area (Å²) in [6.07, 6.45) is 1.50. The highest BCUT2D eigenvalue weighted by molar-refractivity contribution is 8.18. The van der Waals surface area contributed by atoms with Gasteiger partial charge >= 0.3 is 0 Å². The van der Waals surface area contributed by atoms with E-state index in [9.17, 15) is 14.9 Å². The van der Waals surface area contributed by atoms with E-state index in [4.69, 9.17) is 0 Å². The highest BCUT2D eigenvalue weighted by Gasteiger charge is 2.25. The van der Waals surface area contributed by atoms with Crippen molar-refractivity contribution in [3.05, 3.63) is 98.4 Å². The predicted molar refractivity (Wildman–Crippen MR) is 130 cm³/mol. The number of hydrogen-bond donors (Lipinski definition) is 1. The second-order valence-electron chi connectivity index (χ2n) is 7.25. The van der Waals surface area contributed by atoms with E-state index in [0.29, 0.717) is 27.0 Å². The zero-order valence-electron chi connectivity index (χ0n) is 17.9. The minimum absolute atomic E-state index is 0.0601. The quantitative estimate of drug-likeness (QED) is 0.203. The number of aryl methyl sites for hydroxylation is 2. The predicted octanol–water partition coefficient (Wildman–Crippen LogP) is 6.52. The van der Waals surface area contributed by atoms with Crippen molar-refractivity contribution in [3.8, 4) is 0 Å². The fraction of sp³-hybridized carbons (Fsp3) is 0.0833. The van der Waals surface area contributed by atoms with Crippen LogP contribution >= 0.6 is 11.8 Å². The number of carbonyl (C=O) groups is 1. The number of nitrogens with one attached hydrogen (secondary N) is 1. The molecule has 0 aromatic heterocycles. The number of hydrogen-bond acceptors (Lipinski definition) is 7. The molecule has 3 aromatic rings. The van der Waals surface area contributed by atoms with Crippen molar-refractivity contribution in [2.45, 2.75) is 13.8 Å². The van der Waals surface area contributed by atoms with Gasteiger partial charge in [0, 0.05) is 6.07 Å². The molecule has 164 valence electrons. The Kier molecular flexibility index (Phi) is 6.41. The summed E-state index contributed by atoms with van der Waals surface area (Å²) in [5, 5.41) is 22.9. The third-order valence-corrected chi connectivity index (χ3v) is 5.77. The molecule has 1 amide bonds. The zero-order valence-corrected chi connectivity index (χ0v) is 18.7. The number of thioether (sulfide) groups is 1. The van der Waals surface area contributed by atoms with Gasteiger partial charge in [0.05, 0.1) is 32.5 Å². The largest absolute Gasteiger partial charge is 0.300 e. The van der Waals surface area contributed by atoms with Gasteiger partial charge in [-0.05, 0) is 73.1 Å². The topological polar surface area (TPSA) is 109 Å². The van der Waals surface area contributed by atoms with Crippen LogP contribution in [0.1, 0.15) is 16.7 Å². The number of azo groups is 1. The van der Waals surface area contributed by atoms with Crippen LogP contribution < -0.4 is 5.32 Å². The lowest BCUT2D eigenvalue weighted by Gasteiger charge is -2.03. The molecule has 1 aliphatic heterocycles. The second-order valence-corrected chi connectivity index (χ2v) is 8.29. The molecule has 0 radical (unpaired) electrons. The van der Waals surface area contributed by atoms with E-state index in [1.54, 1.807) is 24.3 Å². The fourth-order valence-electron chi connectivity index (χ4n) is 3.12. The van der Waals surface area contributed by atoms with E-state index in [1.807, 2.05) is 50.2 Å². The smallest absolute Gasteiger partial charge is 0.276 e. The highest BCUT2D eigenvalue weighted by Crippen LogP contribution is 2.32. The summed E-state index contributed by atoms with van der Waals surface area (Å²) in [6.45, 7) is 3.88. The van der Waals surface area contributed by atoms with E-state index in [1.165, 1.54) is 12.1 Å². The monoisotopic (exact) mass is 457 g/mol. The first kappa shape index (κ1) is 22.1. The Morgan fingerprint density at radius 2 is 1.70 bits per heavy atom. The number of aliphatic imine (C=N–C) groups is 1. The third-order valence-electron chi connectivity index (χ3n) is 4.86. The molecule has 0 aliphatic carbocycles. The Labute approximate surface area is 194 Å². The SMILES string of the molecule is Cc1ccccc1N=Nc1ccc(N=C2NC(=O)/C(=C/c3ccccc3[N+](=O)[O-])S2)c(C)c1. The Hall–Kier alpha value is -4.11. The van der Waals surface area contributed by atoms with Gasteiger partial charge in [-0.2, -0.15) is 10.2 Å². The van der Waals surface area contributed by atoms with Gasteiger partial charge in [0.15, 0.2) is 5.17 Å². The number of carbonyl (C=O) groups excluding carboxylic acids is 1. The molecule has 9 heteroatoms. The first-order chi connectivity index (χ1) is 15.9. The van der Waals surface area contributed by atoms with Gasteiger partial charge in [-0.1, -0.05) is 30.3 Å².